The third-order valence-corrected chi connectivity index (χ3v) is 5.10. The Morgan fingerprint density at radius 1 is 1.21 bits per heavy atom. The fourth-order valence-electron chi connectivity index (χ4n) is 3.51. The molecule has 2 heterocycles. The van der Waals surface area contributed by atoms with Crippen LogP contribution in [0.4, 0.5) is 5.69 Å². The number of hydrogen-bond acceptors (Lipinski definition) is 4. The van der Waals surface area contributed by atoms with E-state index in [1.54, 1.807) is 6.20 Å². The molecular weight excluding hydrogens is 364 g/mol. The van der Waals surface area contributed by atoms with Gasteiger partial charge in [-0.2, -0.15) is 0 Å². The molecule has 1 aromatic heterocycles. The van der Waals surface area contributed by atoms with Crippen molar-refractivity contribution in [3.63, 3.8) is 0 Å². The number of imidazole rings is 1. The fourth-order valence-corrected chi connectivity index (χ4v) is 3.51. The van der Waals surface area contributed by atoms with E-state index >= 15 is 0 Å². The molecule has 6 nitrogen and oxygen atoms in total. The monoisotopic (exact) mass is 389 g/mol. The van der Waals surface area contributed by atoms with Gasteiger partial charge in [-0.05, 0) is 61.3 Å². The second kappa shape index (κ2) is 9.39. The molecule has 1 amide bonds. The minimum atomic E-state index is -0.242. The summed E-state index contributed by atoms with van der Waals surface area (Å²) in [6.45, 7) is 4.08. The van der Waals surface area contributed by atoms with Crippen LogP contribution in [0, 0.1) is 6.07 Å². The first-order chi connectivity index (χ1) is 14.3. The van der Waals surface area contributed by atoms with Gasteiger partial charge in [0.1, 0.15) is 18.1 Å². The summed E-state index contributed by atoms with van der Waals surface area (Å²) in [7, 11) is 0. The van der Waals surface area contributed by atoms with Gasteiger partial charge >= 0.3 is 0 Å². The summed E-state index contributed by atoms with van der Waals surface area (Å²) < 4.78 is 5.87. The van der Waals surface area contributed by atoms with Gasteiger partial charge in [0.05, 0.1) is 6.33 Å². The summed E-state index contributed by atoms with van der Waals surface area (Å²) in [6.07, 6.45) is 6.33. The van der Waals surface area contributed by atoms with E-state index in [1.807, 2.05) is 30.3 Å². The van der Waals surface area contributed by atoms with Crippen molar-refractivity contribution in [2.45, 2.75) is 19.3 Å². The van der Waals surface area contributed by atoms with Gasteiger partial charge in [-0.1, -0.05) is 24.3 Å². The zero-order valence-corrected chi connectivity index (χ0v) is 16.4. The Hall–Kier alpha value is -3.12. The Morgan fingerprint density at radius 2 is 2.03 bits per heavy atom. The second-order valence-corrected chi connectivity index (χ2v) is 7.19. The van der Waals surface area contributed by atoms with Crippen LogP contribution in [0.25, 0.3) is 0 Å². The molecule has 0 aliphatic carbocycles. The van der Waals surface area contributed by atoms with E-state index in [9.17, 15) is 4.79 Å². The van der Waals surface area contributed by atoms with Crippen molar-refractivity contribution in [1.82, 2.24) is 14.9 Å². The molecule has 4 rings (SSSR count). The molecule has 1 fully saturated rings. The number of amides is 1. The topological polar surface area (TPSA) is 70.2 Å². The molecule has 1 radical (unpaired) electrons. The third-order valence-electron chi connectivity index (χ3n) is 5.10. The molecule has 1 aliphatic heterocycles. The Morgan fingerprint density at radius 3 is 2.79 bits per heavy atom. The number of likely N-dealkylation sites (tertiary alicyclic amines) is 1. The van der Waals surface area contributed by atoms with Gasteiger partial charge in [-0.15, -0.1) is 0 Å². The van der Waals surface area contributed by atoms with Crippen molar-refractivity contribution < 1.29 is 9.53 Å². The number of aromatic nitrogens is 2. The maximum Gasteiger partial charge on any atom is 0.275 e. The number of hydrogen-bond donors (Lipinski definition) is 2. The normalized spacial score (nSPS) is 14.1. The molecule has 29 heavy (non-hydrogen) atoms. The summed E-state index contributed by atoms with van der Waals surface area (Å²) in [5.74, 6) is 0.644. The minimum Gasteiger partial charge on any atom is -0.492 e. The fraction of sp³-hybridized carbons (Fsp3) is 0.304. The van der Waals surface area contributed by atoms with Crippen LogP contribution in [-0.4, -0.2) is 47.0 Å². The van der Waals surface area contributed by atoms with Gasteiger partial charge in [0.2, 0.25) is 0 Å². The van der Waals surface area contributed by atoms with Crippen molar-refractivity contribution in [3.8, 4) is 5.75 Å². The molecule has 2 aromatic carbocycles. The number of benzene rings is 2. The SMILES string of the molecule is O=C(Nc1ccc[c]c1Cc1ccc(OCCN2CCCC2)cc1)c1c[nH]cn1. The van der Waals surface area contributed by atoms with Crippen molar-refractivity contribution in [3.05, 3.63) is 77.9 Å². The lowest BCUT2D eigenvalue weighted by Gasteiger charge is -2.15. The lowest BCUT2D eigenvalue weighted by molar-refractivity contribution is 0.102. The number of nitrogens with one attached hydrogen (secondary N) is 2. The molecule has 6 heteroatoms. The number of aromatic amines is 1. The average Bonchev–Trinajstić information content (AvgIpc) is 3.45. The van der Waals surface area contributed by atoms with Gasteiger partial charge in [-0.25, -0.2) is 4.98 Å². The maximum absolute atomic E-state index is 12.3. The van der Waals surface area contributed by atoms with E-state index in [2.05, 4.69) is 38.4 Å². The first-order valence-electron chi connectivity index (χ1n) is 10.0. The van der Waals surface area contributed by atoms with E-state index in [0.29, 0.717) is 12.1 Å². The number of carbonyl (C=O) groups excluding carboxylic acids is 1. The molecular formula is C23H25N4O2. The highest BCUT2D eigenvalue weighted by Gasteiger charge is 2.12. The van der Waals surface area contributed by atoms with Crippen molar-refractivity contribution in [2.75, 3.05) is 31.6 Å². The van der Waals surface area contributed by atoms with Crippen LogP contribution in [0.1, 0.15) is 34.5 Å². The van der Waals surface area contributed by atoms with Gasteiger partial charge in [0.25, 0.3) is 5.91 Å². The Bertz CT molecular complexity index is 916. The zero-order valence-electron chi connectivity index (χ0n) is 16.4. The highest BCUT2D eigenvalue weighted by molar-refractivity contribution is 6.03. The molecule has 1 saturated heterocycles. The number of rotatable bonds is 8. The number of carbonyl (C=O) groups is 1. The highest BCUT2D eigenvalue weighted by Crippen LogP contribution is 2.21. The summed E-state index contributed by atoms with van der Waals surface area (Å²) in [5.41, 5.74) is 3.16. The average molecular weight is 389 g/mol. The van der Waals surface area contributed by atoms with Crippen molar-refractivity contribution >= 4 is 11.6 Å². The van der Waals surface area contributed by atoms with Gasteiger partial charge in [-0.3, -0.25) is 9.69 Å². The third kappa shape index (κ3) is 5.23. The van der Waals surface area contributed by atoms with Crippen LogP contribution < -0.4 is 10.1 Å². The van der Waals surface area contributed by atoms with Crippen molar-refractivity contribution in [1.29, 1.82) is 0 Å². The van der Waals surface area contributed by atoms with E-state index in [0.717, 1.165) is 35.7 Å². The quantitative estimate of drug-likeness (QED) is 0.618. The van der Waals surface area contributed by atoms with Gasteiger partial charge < -0.3 is 15.0 Å². The summed E-state index contributed by atoms with van der Waals surface area (Å²) in [6, 6.07) is 17.0. The van der Waals surface area contributed by atoms with Gasteiger partial charge in [0, 0.05) is 24.8 Å². The molecule has 149 valence electrons. The number of H-pyrrole nitrogens is 1. The lowest BCUT2D eigenvalue weighted by atomic mass is 10.0. The van der Waals surface area contributed by atoms with E-state index < -0.39 is 0 Å². The number of anilines is 1. The number of nitrogens with zero attached hydrogens (tertiary/aromatic N) is 2. The minimum absolute atomic E-state index is 0.242. The zero-order chi connectivity index (χ0) is 19.9. The standard InChI is InChI=1S/C23H25N4O2/c28-23(22-16-24-17-25-22)26-21-6-2-1-5-19(21)15-18-7-9-20(10-8-18)29-14-13-27-11-3-4-12-27/h1-2,6-10,16-17H,3-4,11-15H2,(H,24,25)(H,26,28). The van der Waals surface area contributed by atoms with Gasteiger partial charge in [0.15, 0.2) is 0 Å². The summed E-state index contributed by atoms with van der Waals surface area (Å²) >= 11 is 0. The predicted octanol–water partition coefficient (Wildman–Crippen LogP) is 3.53. The molecule has 0 bridgehead atoms. The first-order valence-corrected chi connectivity index (χ1v) is 10.0. The molecule has 0 spiro atoms. The molecule has 1 aliphatic rings. The number of ether oxygens (including phenoxy) is 1. The second-order valence-electron chi connectivity index (χ2n) is 7.19. The highest BCUT2D eigenvalue weighted by atomic mass is 16.5. The van der Waals surface area contributed by atoms with Crippen LogP contribution in [-0.2, 0) is 6.42 Å². The molecule has 0 unspecified atom stereocenters. The van der Waals surface area contributed by atoms with Crippen LogP contribution >= 0.6 is 0 Å². The summed E-state index contributed by atoms with van der Waals surface area (Å²) in [4.78, 5) is 21.5. The lowest BCUT2D eigenvalue weighted by Crippen LogP contribution is -2.25. The smallest absolute Gasteiger partial charge is 0.275 e. The van der Waals surface area contributed by atoms with Crippen molar-refractivity contribution in [2.24, 2.45) is 0 Å². The van der Waals surface area contributed by atoms with Crippen LogP contribution in [0.2, 0.25) is 0 Å². The van der Waals surface area contributed by atoms with E-state index in [-0.39, 0.29) is 5.91 Å². The van der Waals surface area contributed by atoms with Crippen LogP contribution in [0.15, 0.2) is 55.0 Å². The Labute approximate surface area is 170 Å². The molecule has 3 aromatic rings. The van der Waals surface area contributed by atoms with Crippen LogP contribution in [0.5, 0.6) is 5.75 Å². The Kier molecular flexibility index (Phi) is 6.22. The van der Waals surface area contributed by atoms with E-state index in [4.69, 9.17) is 4.74 Å². The van der Waals surface area contributed by atoms with E-state index in [1.165, 1.54) is 32.3 Å². The first kappa shape index (κ1) is 19.2. The summed E-state index contributed by atoms with van der Waals surface area (Å²) in [5, 5.41) is 2.92. The maximum atomic E-state index is 12.3. The Balaban J connectivity index is 1.34. The molecule has 2 N–H and O–H groups in total. The van der Waals surface area contributed by atoms with Crippen LogP contribution in [0.3, 0.4) is 0 Å². The molecule has 0 saturated carbocycles. The largest absolute Gasteiger partial charge is 0.492 e. The predicted molar refractivity (Wildman–Crippen MR) is 112 cm³/mol. The molecule has 0 atom stereocenters.